The van der Waals surface area contributed by atoms with E-state index in [-0.39, 0.29) is 35.5 Å². The summed E-state index contributed by atoms with van der Waals surface area (Å²) in [6, 6.07) is 7.63. The second-order valence-corrected chi connectivity index (χ2v) is 9.04. The molecule has 1 aliphatic rings. The van der Waals surface area contributed by atoms with E-state index in [1.54, 1.807) is 24.5 Å². The molecule has 12 heteroatoms. The number of amides is 3. The standard InChI is InChI=1S/C24H25FN6O4S/c25-16-7-5-15(6-8-16)20(23(33)29-12-17-4-2-10-35-17)31(13-14-3-1-9-28-11-14)24(34)21-18(26)19(22(27)32)30-36-21/h1,3,5-9,11,17,20H,2,4,10,12-13,26H2,(H2,27,32)(H,29,33). The second kappa shape index (κ2) is 11.2. The van der Waals surface area contributed by atoms with Crippen molar-refractivity contribution in [1.29, 1.82) is 0 Å². The van der Waals surface area contributed by atoms with Gasteiger partial charge in [-0.3, -0.25) is 19.4 Å². The van der Waals surface area contributed by atoms with E-state index in [2.05, 4.69) is 14.7 Å². The normalized spacial score (nSPS) is 15.9. The largest absolute Gasteiger partial charge is 0.395 e. The molecule has 36 heavy (non-hydrogen) atoms. The average molecular weight is 513 g/mol. The highest BCUT2D eigenvalue weighted by Crippen LogP contribution is 2.30. The van der Waals surface area contributed by atoms with Gasteiger partial charge in [0.1, 0.15) is 16.7 Å². The van der Waals surface area contributed by atoms with Crippen molar-refractivity contribution in [3.8, 4) is 0 Å². The first kappa shape index (κ1) is 25.2. The molecule has 2 atom stereocenters. The number of primary amides is 1. The Morgan fingerprint density at radius 3 is 2.64 bits per heavy atom. The van der Waals surface area contributed by atoms with Gasteiger partial charge in [-0.05, 0) is 53.7 Å². The highest BCUT2D eigenvalue weighted by atomic mass is 32.1. The molecule has 2 unspecified atom stereocenters. The van der Waals surface area contributed by atoms with Gasteiger partial charge in [0.05, 0.1) is 11.8 Å². The first-order chi connectivity index (χ1) is 17.3. The molecular formula is C24H25FN6O4S. The summed E-state index contributed by atoms with van der Waals surface area (Å²) < 4.78 is 23.3. The molecule has 1 fully saturated rings. The maximum atomic E-state index is 13.8. The van der Waals surface area contributed by atoms with Crippen LogP contribution in [0.3, 0.4) is 0 Å². The molecule has 0 aliphatic carbocycles. The number of carbonyl (C=O) groups is 3. The fourth-order valence-corrected chi connectivity index (χ4v) is 4.72. The number of halogens is 1. The van der Waals surface area contributed by atoms with Gasteiger partial charge in [-0.2, -0.15) is 4.37 Å². The SMILES string of the molecule is NC(=O)c1nsc(C(=O)N(Cc2cccnc2)C(C(=O)NCC2CCCO2)c2ccc(F)cc2)c1N. The fourth-order valence-electron chi connectivity index (χ4n) is 3.96. The number of hydrogen-bond donors (Lipinski definition) is 3. The number of rotatable bonds is 9. The number of pyridine rings is 1. The van der Waals surface area contributed by atoms with Gasteiger partial charge in [0.25, 0.3) is 11.8 Å². The zero-order valence-electron chi connectivity index (χ0n) is 19.2. The minimum Gasteiger partial charge on any atom is -0.395 e. The fraction of sp³-hybridized carbons (Fsp3) is 0.292. The number of nitrogens with two attached hydrogens (primary N) is 2. The molecule has 188 valence electrons. The van der Waals surface area contributed by atoms with Crippen molar-refractivity contribution in [1.82, 2.24) is 19.6 Å². The van der Waals surface area contributed by atoms with Crippen LogP contribution >= 0.6 is 11.5 Å². The van der Waals surface area contributed by atoms with E-state index in [0.29, 0.717) is 17.7 Å². The van der Waals surface area contributed by atoms with Crippen LogP contribution in [0.15, 0.2) is 48.8 Å². The van der Waals surface area contributed by atoms with Gasteiger partial charge < -0.3 is 26.4 Å². The van der Waals surface area contributed by atoms with E-state index in [9.17, 15) is 18.8 Å². The molecule has 0 saturated carbocycles. The Bertz CT molecular complexity index is 1230. The smallest absolute Gasteiger partial charge is 0.270 e. The number of aromatic nitrogens is 2. The van der Waals surface area contributed by atoms with Gasteiger partial charge in [0.2, 0.25) is 5.91 Å². The van der Waals surface area contributed by atoms with Crippen LogP contribution in [0.2, 0.25) is 0 Å². The zero-order chi connectivity index (χ0) is 25.7. The Morgan fingerprint density at radius 2 is 2.03 bits per heavy atom. The number of ether oxygens (including phenoxy) is 1. The van der Waals surface area contributed by atoms with Crippen LogP contribution in [-0.4, -0.2) is 51.2 Å². The van der Waals surface area contributed by atoms with Crippen LogP contribution in [-0.2, 0) is 16.1 Å². The van der Waals surface area contributed by atoms with Gasteiger partial charge in [0.15, 0.2) is 5.69 Å². The van der Waals surface area contributed by atoms with Crippen LogP contribution < -0.4 is 16.8 Å². The van der Waals surface area contributed by atoms with Crippen molar-refractivity contribution in [2.75, 3.05) is 18.9 Å². The Labute approximate surface area is 210 Å². The third kappa shape index (κ3) is 5.66. The summed E-state index contributed by atoms with van der Waals surface area (Å²) in [4.78, 5) is 44.4. The molecule has 3 heterocycles. The first-order valence-electron chi connectivity index (χ1n) is 11.2. The van der Waals surface area contributed by atoms with Gasteiger partial charge in [0, 0.05) is 32.1 Å². The van der Waals surface area contributed by atoms with Crippen molar-refractivity contribution in [3.63, 3.8) is 0 Å². The topological polar surface area (TPSA) is 154 Å². The van der Waals surface area contributed by atoms with E-state index in [0.717, 1.165) is 24.4 Å². The van der Waals surface area contributed by atoms with Gasteiger partial charge in [-0.1, -0.05) is 18.2 Å². The van der Waals surface area contributed by atoms with Crippen molar-refractivity contribution in [3.05, 3.63) is 76.3 Å². The zero-order valence-corrected chi connectivity index (χ0v) is 20.0. The Morgan fingerprint density at radius 1 is 1.25 bits per heavy atom. The third-order valence-corrected chi connectivity index (χ3v) is 6.62. The van der Waals surface area contributed by atoms with Crippen LogP contribution in [0.1, 0.15) is 50.2 Å². The number of carbonyl (C=O) groups excluding carboxylic acids is 3. The molecule has 3 amide bonds. The van der Waals surface area contributed by atoms with Crippen molar-refractivity contribution in [2.24, 2.45) is 5.73 Å². The number of benzene rings is 1. The third-order valence-electron chi connectivity index (χ3n) is 5.77. The molecular weight excluding hydrogens is 487 g/mol. The maximum absolute atomic E-state index is 13.8. The average Bonchev–Trinajstić information content (AvgIpc) is 3.53. The number of nitrogens with one attached hydrogen (secondary N) is 1. The summed E-state index contributed by atoms with van der Waals surface area (Å²) in [5.41, 5.74) is 12.0. The van der Waals surface area contributed by atoms with Crippen LogP contribution in [0.4, 0.5) is 10.1 Å². The summed E-state index contributed by atoms with van der Waals surface area (Å²) in [5.74, 6) is -2.47. The van der Waals surface area contributed by atoms with Crippen LogP contribution in [0.25, 0.3) is 0 Å². The molecule has 1 aromatic carbocycles. The van der Waals surface area contributed by atoms with Gasteiger partial charge >= 0.3 is 0 Å². The van der Waals surface area contributed by atoms with Crippen molar-refractivity contribution in [2.45, 2.75) is 31.5 Å². The number of anilines is 1. The number of hydrogen-bond acceptors (Lipinski definition) is 8. The predicted octanol–water partition coefficient (Wildman–Crippen LogP) is 2.04. The maximum Gasteiger partial charge on any atom is 0.270 e. The van der Waals surface area contributed by atoms with Crippen molar-refractivity contribution >= 4 is 34.9 Å². The van der Waals surface area contributed by atoms with E-state index >= 15 is 0 Å². The lowest BCUT2D eigenvalue weighted by Crippen LogP contribution is -2.45. The Hall–Kier alpha value is -3.90. The molecule has 4 rings (SSSR count). The minimum atomic E-state index is -1.15. The summed E-state index contributed by atoms with van der Waals surface area (Å²) in [7, 11) is 0. The summed E-state index contributed by atoms with van der Waals surface area (Å²) in [5, 5.41) is 2.86. The lowest BCUT2D eigenvalue weighted by atomic mass is 10.0. The van der Waals surface area contributed by atoms with Gasteiger partial charge in [-0.25, -0.2) is 4.39 Å². The van der Waals surface area contributed by atoms with E-state index in [4.69, 9.17) is 16.2 Å². The molecule has 2 aromatic heterocycles. The van der Waals surface area contributed by atoms with Crippen LogP contribution in [0.5, 0.6) is 0 Å². The summed E-state index contributed by atoms with van der Waals surface area (Å²) >= 11 is 0.718. The lowest BCUT2D eigenvalue weighted by Gasteiger charge is -2.31. The Balaban J connectivity index is 1.74. The summed E-state index contributed by atoms with van der Waals surface area (Å²) in [6.45, 7) is 0.867. The van der Waals surface area contributed by atoms with E-state index in [1.165, 1.54) is 29.2 Å². The minimum absolute atomic E-state index is 0.0225. The highest BCUT2D eigenvalue weighted by Gasteiger charge is 2.35. The molecule has 0 radical (unpaired) electrons. The highest BCUT2D eigenvalue weighted by molar-refractivity contribution is 7.09. The van der Waals surface area contributed by atoms with Gasteiger partial charge in [-0.15, -0.1) is 0 Å². The Kier molecular flexibility index (Phi) is 7.86. The molecule has 3 aromatic rings. The lowest BCUT2D eigenvalue weighted by molar-refractivity contribution is -0.126. The molecule has 1 saturated heterocycles. The quantitative estimate of drug-likeness (QED) is 0.396. The predicted molar refractivity (Wildman–Crippen MR) is 130 cm³/mol. The van der Waals surface area contributed by atoms with Crippen LogP contribution in [0, 0.1) is 5.82 Å². The molecule has 10 nitrogen and oxygen atoms in total. The second-order valence-electron chi connectivity index (χ2n) is 8.27. The molecule has 0 spiro atoms. The summed E-state index contributed by atoms with van der Waals surface area (Å²) in [6.07, 6.45) is 4.74. The van der Waals surface area contributed by atoms with Crippen molar-refractivity contribution < 1.29 is 23.5 Å². The van der Waals surface area contributed by atoms with E-state index < -0.39 is 29.6 Å². The first-order valence-corrected chi connectivity index (χ1v) is 12.0. The molecule has 1 aliphatic heterocycles. The molecule has 5 N–H and O–H groups in total. The number of nitrogen functional groups attached to an aromatic ring is 1. The van der Waals surface area contributed by atoms with E-state index in [1.807, 2.05) is 0 Å². The number of nitrogens with zero attached hydrogens (tertiary/aromatic N) is 3. The monoisotopic (exact) mass is 512 g/mol. The molecule has 0 bridgehead atoms.